The molecule has 4 nitrogen and oxygen atoms in total. The summed E-state index contributed by atoms with van der Waals surface area (Å²) in [5.41, 5.74) is 1.81. The number of carbonyl (C=O) groups excluding carboxylic acids is 1. The van der Waals surface area contributed by atoms with Crippen molar-refractivity contribution in [3.63, 3.8) is 0 Å². The number of benzene rings is 1. The molecule has 4 heteroatoms. The van der Waals surface area contributed by atoms with E-state index in [2.05, 4.69) is 4.98 Å². The van der Waals surface area contributed by atoms with Crippen LogP contribution in [-0.2, 0) is 4.79 Å². The maximum atomic E-state index is 11.9. The number of aromatic nitrogens is 1. The number of amides is 1. The van der Waals surface area contributed by atoms with Crippen LogP contribution < -0.4 is 4.90 Å². The van der Waals surface area contributed by atoms with Gasteiger partial charge in [0.1, 0.15) is 0 Å². The average Bonchev–Trinajstić information content (AvgIpc) is 2.79. The zero-order chi connectivity index (χ0) is 12.5. The number of hydrogen-bond acceptors (Lipinski definition) is 3. The fourth-order valence-corrected chi connectivity index (χ4v) is 2.38. The first kappa shape index (κ1) is 11.2. The Labute approximate surface area is 105 Å². The van der Waals surface area contributed by atoms with Crippen molar-refractivity contribution in [1.82, 2.24) is 4.98 Å². The Morgan fingerprint density at radius 3 is 3.06 bits per heavy atom. The summed E-state index contributed by atoms with van der Waals surface area (Å²) in [7, 11) is 0. The van der Waals surface area contributed by atoms with Crippen LogP contribution in [-0.4, -0.2) is 29.1 Å². The predicted molar refractivity (Wildman–Crippen MR) is 69.3 cm³/mol. The van der Waals surface area contributed by atoms with Crippen LogP contribution in [0.2, 0.25) is 0 Å². The molecule has 0 saturated carbocycles. The van der Waals surface area contributed by atoms with E-state index in [-0.39, 0.29) is 18.4 Å². The van der Waals surface area contributed by atoms with E-state index >= 15 is 0 Å². The molecule has 1 aromatic heterocycles. The van der Waals surface area contributed by atoms with Gasteiger partial charge in [0.15, 0.2) is 0 Å². The third-order valence-electron chi connectivity index (χ3n) is 3.36. The lowest BCUT2D eigenvalue weighted by Gasteiger charge is -2.16. The van der Waals surface area contributed by atoms with E-state index in [1.807, 2.05) is 30.3 Å². The molecule has 0 spiro atoms. The molecule has 92 valence electrons. The molecular weight excluding hydrogens is 228 g/mol. The van der Waals surface area contributed by atoms with Gasteiger partial charge in [-0.05, 0) is 24.3 Å². The zero-order valence-electron chi connectivity index (χ0n) is 9.91. The lowest BCUT2D eigenvalue weighted by atomic mass is 10.1. The number of rotatable bonds is 2. The Morgan fingerprint density at radius 1 is 1.39 bits per heavy atom. The molecule has 1 fully saturated rings. The minimum Gasteiger partial charge on any atom is -0.396 e. The molecular formula is C14H14N2O2. The summed E-state index contributed by atoms with van der Waals surface area (Å²) in [6, 6.07) is 9.67. The number of pyridine rings is 1. The van der Waals surface area contributed by atoms with Gasteiger partial charge in [-0.25, -0.2) is 0 Å². The van der Waals surface area contributed by atoms with Crippen LogP contribution in [0.3, 0.4) is 0 Å². The highest BCUT2D eigenvalue weighted by Gasteiger charge is 2.29. The second-order valence-electron chi connectivity index (χ2n) is 4.64. The van der Waals surface area contributed by atoms with Crippen molar-refractivity contribution in [2.75, 3.05) is 18.1 Å². The zero-order valence-corrected chi connectivity index (χ0v) is 9.91. The number of fused-ring (bicyclic) bond motifs is 1. The van der Waals surface area contributed by atoms with Gasteiger partial charge >= 0.3 is 0 Å². The number of carbonyl (C=O) groups is 1. The molecule has 0 radical (unpaired) electrons. The normalized spacial score (nSPS) is 19.7. The van der Waals surface area contributed by atoms with Gasteiger partial charge in [0, 0.05) is 42.8 Å². The molecule has 1 saturated heterocycles. The molecule has 2 heterocycles. The van der Waals surface area contributed by atoms with Gasteiger partial charge in [0.05, 0.1) is 5.52 Å². The molecule has 18 heavy (non-hydrogen) atoms. The highest BCUT2D eigenvalue weighted by molar-refractivity contribution is 5.97. The number of aliphatic hydroxyl groups is 1. The molecule has 1 aliphatic heterocycles. The van der Waals surface area contributed by atoms with Crippen molar-refractivity contribution in [1.29, 1.82) is 0 Å². The molecule has 0 aliphatic carbocycles. The van der Waals surface area contributed by atoms with Crippen LogP contribution >= 0.6 is 0 Å². The first-order chi connectivity index (χ1) is 8.78. The maximum Gasteiger partial charge on any atom is 0.227 e. The van der Waals surface area contributed by atoms with E-state index in [0.717, 1.165) is 16.6 Å². The largest absolute Gasteiger partial charge is 0.396 e. The van der Waals surface area contributed by atoms with Crippen LogP contribution in [0.25, 0.3) is 10.9 Å². The topological polar surface area (TPSA) is 53.4 Å². The van der Waals surface area contributed by atoms with Crippen LogP contribution in [0.4, 0.5) is 5.69 Å². The maximum absolute atomic E-state index is 11.9. The van der Waals surface area contributed by atoms with Crippen LogP contribution in [0.15, 0.2) is 36.5 Å². The second kappa shape index (κ2) is 4.38. The molecule has 2 aromatic rings. The summed E-state index contributed by atoms with van der Waals surface area (Å²) >= 11 is 0. The SMILES string of the molecule is O=C1CC(CO)CN1c1ccc2ncccc2c1. The average molecular weight is 242 g/mol. The van der Waals surface area contributed by atoms with Crippen molar-refractivity contribution in [3.8, 4) is 0 Å². The van der Waals surface area contributed by atoms with Crippen molar-refractivity contribution in [2.24, 2.45) is 5.92 Å². The van der Waals surface area contributed by atoms with Gasteiger partial charge in [-0.3, -0.25) is 9.78 Å². The molecule has 1 aromatic carbocycles. The standard InChI is InChI=1S/C14H14N2O2/c17-9-10-6-14(18)16(8-10)12-3-4-13-11(7-12)2-1-5-15-13/h1-5,7,10,17H,6,8-9H2. The highest BCUT2D eigenvalue weighted by atomic mass is 16.3. The van der Waals surface area contributed by atoms with Crippen molar-refractivity contribution < 1.29 is 9.90 Å². The second-order valence-corrected chi connectivity index (χ2v) is 4.64. The molecule has 1 N–H and O–H groups in total. The summed E-state index contributed by atoms with van der Waals surface area (Å²) in [4.78, 5) is 17.9. The van der Waals surface area contributed by atoms with Gasteiger partial charge in [-0.1, -0.05) is 6.07 Å². The number of nitrogens with zero attached hydrogens (tertiary/aromatic N) is 2. The lowest BCUT2D eigenvalue weighted by Crippen LogP contribution is -2.24. The van der Waals surface area contributed by atoms with E-state index in [4.69, 9.17) is 5.11 Å². The Bertz CT molecular complexity index is 597. The molecule has 1 aliphatic rings. The van der Waals surface area contributed by atoms with Gasteiger partial charge in [0.25, 0.3) is 0 Å². The first-order valence-corrected chi connectivity index (χ1v) is 6.04. The summed E-state index contributed by atoms with van der Waals surface area (Å²) in [5, 5.41) is 10.2. The number of anilines is 1. The molecule has 1 atom stereocenters. The van der Waals surface area contributed by atoms with Crippen LogP contribution in [0.1, 0.15) is 6.42 Å². The van der Waals surface area contributed by atoms with Gasteiger partial charge in [0.2, 0.25) is 5.91 Å². The van der Waals surface area contributed by atoms with E-state index < -0.39 is 0 Å². The summed E-state index contributed by atoms with van der Waals surface area (Å²) < 4.78 is 0. The molecule has 3 rings (SSSR count). The van der Waals surface area contributed by atoms with Crippen molar-refractivity contribution in [3.05, 3.63) is 36.5 Å². The van der Waals surface area contributed by atoms with Crippen LogP contribution in [0.5, 0.6) is 0 Å². The fraction of sp³-hybridized carbons (Fsp3) is 0.286. The minimum absolute atomic E-state index is 0.0575. The summed E-state index contributed by atoms with van der Waals surface area (Å²) in [6.45, 7) is 0.665. The number of aliphatic hydroxyl groups excluding tert-OH is 1. The van der Waals surface area contributed by atoms with Gasteiger partial charge < -0.3 is 10.0 Å². The monoisotopic (exact) mass is 242 g/mol. The summed E-state index contributed by atoms with van der Waals surface area (Å²) in [5.74, 6) is 0.138. The smallest absolute Gasteiger partial charge is 0.227 e. The Kier molecular flexibility index (Phi) is 2.72. The summed E-state index contributed by atoms with van der Waals surface area (Å²) in [6.07, 6.45) is 2.19. The Hall–Kier alpha value is -1.94. The Balaban J connectivity index is 1.97. The Morgan fingerprint density at radius 2 is 2.28 bits per heavy atom. The quantitative estimate of drug-likeness (QED) is 0.870. The number of hydrogen-bond donors (Lipinski definition) is 1. The van der Waals surface area contributed by atoms with Crippen LogP contribution in [0, 0.1) is 5.92 Å². The third-order valence-corrected chi connectivity index (χ3v) is 3.36. The van der Waals surface area contributed by atoms with E-state index in [1.165, 1.54) is 0 Å². The van der Waals surface area contributed by atoms with Gasteiger partial charge in [-0.2, -0.15) is 0 Å². The highest BCUT2D eigenvalue weighted by Crippen LogP contribution is 2.27. The molecule has 1 amide bonds. The fourth-order valence-electron chi connectivity index (χ4n) is 2.38. The molecule has 0 bridgehead atoms. The first-order valence-electron chi connectivity index (χ1n) is 6.04. The molecule has 1 unspecified atom stereocenters. The van der Waals surface area contributed by atoms with E-state index in [9.17, 15) is 4.79 Å². The lowest BCUT2D eigenvalue weighted by molar-refractivity contribution is -0.117. The van der Waals surface area contributed by atoms with E-state index in [0.29, 0.717) is 13.0 Å². The minimum atomic E-state index is 0.0575. The third kappa shape index (κ3) is 1.84. The predicted octanol–water partition coefficient (Wildman–Crippen LogP) is 1.58. The van der Waals surface area contributed by atoms with Crippen molar-refractivity contribution in [2.45, 2.75) is 6.42 Å². The van der Waals surface area contributed by atoms with E-state index in [1.54, 1.807) is 11.1 Å². The van der Waals surface area contributed by atoms with Crippen molar-refractivity contribution >= 4 is 22.5 Å². The van der Waals surface area contributed by atoms with Gasteiger partial charge in [-0.15, -0.1) is 0 Å².